The van der Waals surface area contributed by atoms with Crippen LogP contribution >= 0.6 is 0 Å². The first-order chi connectivity index (χ1) is 8.81. The Labute approximate surface area is 106 Å². The lowest BCUT2D eigenvalue weighted by atomic mass is 10.2. The molecule has 0 aliphatic carbocycles. The van der Waals surface area contributed by atoms with Gasteiger partial charge in [-0.1, -0.05) is 12.1 Å². The Morgan fingerprint density at radius 1 is 1.28 bits per heavy atom. The third-order valence-electron chi connectivity index (χ3n) is 2.40. The molecule has 1 heterocycles. The Balaban J connectivity index is 2.12. The number of rotatable bonds is 4. The molecule has 0 aliphatic rings. The van der Waals surface area contributed by atoms with Gasteiger partial charge < -0.3 is 10.1 Å². The van der Waals surface area contributed by atoms with Crippen LogP contribution < -0.4 is 5.32 Å². The Kier molecular flexibility index (Phi) is 3.90. The zero-order valence-electron chi connectivity index (χ0n) is 10.1. The summed E-state index contributed by atoms with van der Waals surface area (Å²) in [4.78, 5) is 4.00. The van der Waals surface area contributed by atoms with Crippen molar-refractivity contribution >= 4 is 11.4 Å². The Morgan fingerprint density at radius 2 is 2.17 bits per heavy atom. The molecule has 4 heteroatoms. The molecule has 0 amide bonds. The van der Waals surface area contributed by atoms with Crippen molar-refractivity contribution < 1.29 is 4.74 Å². The van der Waals surface area contributed by atoms with Gasteiger partial charge in [-0.3, -0.25) is 0 Å². The molecule has 0 unspecified atom stereocenters. The minimum atomic E-state index is 0.411. The van der Waals surface area contributed by atoms with Crippen LogP contribution in [-0.4, -0.2) is 12.1 Å². The maximum Gasteiger partial charge on any atom is 0.140 e. The van der Waals surface area contributed by atoms with Gasteiger partial charge >= 0.3 is 0 Å². The minimum absolute atomic E-state index is 0.411. The SMILES string of the molecule is COCc1cccc(Nc2ccc(C#N)nc2)c1. The van der Waals surface area contributed by atoms with Gasteiger partial charge in [-0.2, -0.15) is 5.26 Å². The van der Waals surface area contributed by atoms with Crippen molar-refractivity contribution in [3.8, 4) is 6.07 Å². The van der Waals surface area contributed by atoms with Crippen LogP contribution in [0.15, 0.2) is 42.6 Å². The van der Waals surface area contributed by atoms with E-state index in [9.17, 15) is 0 Å². The van der Waals surface area contributed by atoms with Crippen LogP contribution in [0.4, 0.5) is 11.4 Å². The maximum atomic E-state index is 8.67. The molecule has 18 heavy (non-hydrogen) atoms. The lowest BCUT2D eigenvalue weighted by Gasteiger charge is -2.07. The topological polar surface area (TPSA) is 57.9 Å². The van der Waals surface area contributed by atoms with Crippen LogP contribution in [0.1, 0.15) is 11.3 Å². The summed E-state index contributed by atoms with van der Waals surface area (Å²) in [6.45, 7) is 0.584. The van der Waals surface area contributed by atoms with Crippen molar-refractivity contribution in [3.05, 3.63) is 53.9 Å². The lowest BCUT2D eigenvalue weighted by molar-refractivity contribution is 0.185. The molecule has 0 saturated carbocycles. The monoisotopic (exact) mass is 239 g/mol. The van der Waals surface area contributed by atoms with E-state index in [1.54, 1.807) is 19.4 Å². The second kappa shape index (κ2) is 5.80. The molecular weight excluding hydrogens is 226 g/mol. The van der Waals surface area contributed by atoms with E-state index < -0.39 is 0 Å². The van der Waals surface area contributed by atoms with Crippen molar-refractivity contribution in [2.45, 2.75) is 6.61 Å². The molecule has 0 radical (unpaired) electrons. The summed E-state index contributed by atoms with van der Waals surface area (Å²) in [6.07, 6.45) is 1.64. The van der Waals surface area contributed by atoms with Gasteiger partial charge in [0.1, 0.15) is 11.8 Å². The first kappa shape index (κ1) is 12.1. The zero-order valence-corrected chi connectivity index (χ0v) is 10.1. The van der Waals surface area contributed by atoms with E-state index in [4.69, 9.17) is 10.00 Å². The summed E-state index contributed by atoms with van der Waals surface area (Å²) in [6, 6.07) is 13.5. The molecule has 0 spiro atoms. The number of pyridine rings is 1. The van der Waals surface area contributed by atoms with Gasteiger partial charge in [-0.05, 0) is 29.8 Å². The van der Waals surface area contributed by atoms with E-state index in [1.807, 2.05) is 36.4 Å². The third kappa shape index (κ3) is 3.06. The van der Waals surface area contributed by atoms with Crippen LogP contribution in [0.5, 0.6) is 0 Å². The Hall–Kier alpha value is -2.38. The number of anilines is 2. The predicted octanol–water partition coefficient (Wildman–Crippen LogP) is 2.84. The molecule has 0 bridgehead atoms. The highest BCUT2D eigenvalue weighted by molar-refractivity contribution is 5.59. The summed E-state index contributed by atoms with van der Waals surface area (Å²) >= 11 is 0. The van der Waals surface area contributed by atoms with E-state index in [0.29, 0.717) is 12.3 Å². The standard InChI is InChI=1S/C14H13N3O/c1-18-10-11-3-2-4-12(7-11)17-14-6-5-13(8-15)16-9-14/h2-7,9,17H,10H2,1H3. The summed E-state index contributed by atoms with van der Waals surface area (Å²) in [7, 11) is 1.67. The number of ether oxygens (including phenoxy) is 1. The van der Waals surface area contributed by atoms with Crippen molar-refractivity contribution in [3.63, 3.8) is 0 Å². The fourth-order valence-electron chi connectivity index (χ4n) is 1.61. The van der Waals surface area contributed by atoms with Crippen LogP contribution in [0.3, 0.4) is 0 Å². The van der Waals surface area contributed by atoms with Gasteiger partial charge in [0, 0.05) is 12.8 Å². The molecule has 1 aromatic carbocycles. The predicted molar refractivity (Wildman–Crippen MR) is 69.4 cm³/mol. The molecule has 4 nitrogen and oxygen atoms in total. The van der Waals surface area contributed by atoms with Crippen LogP contribution in [-0.2, 0) is 11.3 Å². The summed E-state index contributed by atoms with van der Waals surface area (Å²) in [5.41, 5.74) is 3.33. The van der Waals surface area contributed by atoms with Crippen LogP contribution in [0.2, 0.25) is 0 Å². The largest absolute Gasteiger partial charge is 0.380 e. The second-order valence-corrected chi connectivity index (χ2v) is 3.80. The fraction of sp³-hybridized carbons (Fsp3) is 0.143. The van der Waals surface area contributed by atoms with Gasteiger partial charge in [0.25, 0.3) is 0 Å². The highest BCUT2D eigenvalue weighted by atomic mass is 16.5. The van der Waals surface area contributed by atoms with E-state index in [1.165, 1.54) is 0 Å². The number of nitrogens with one attached hydrogen (secondary N) is 1. The van der Waals surface area contributed by atoms with Gasteiger partial charge in [0.2, 0.25) is 0 Å². The molecule has 0 fully saturated rings. The number of nitriles is 1. The van der Waals surface area contributed by atoms with Crippen LogP contribution in [0, 0.1) is 11.3 Å². The van der Waals surface area contributed by atoms with Crippen molar-refractivity contribution in [2.24, 2.45) is 0 Å². The molecular formula is C14H13N3O. The van der Waals surface area contributed by atoms with Crippen molar-refractivity contribution in [1.82, 2.24) is 4.98 Å². The van der Waals surface area contributed by atoms with E-state index >= 15 is 0 Å². The molecule has 1 aromatic heterocycles. The number of methoxy groups -OCH3 is 1. The molecule has 2 aromatic rings. The summed E-state index contributed by atoms with van der Waals surface area (Å²) in [5, 5.41) is 11.9. The highest BCUT2D eigenvalue weighted by Crippen LogP contribution is 2.17. The van der Waals surface area contributed by atoms with E-state index in [0.717, 1.165) is 16.9 Å². The van der Waals surface area contributed by atoms with E-state index in [-0.39, 0.29) is 0 Å². The molecule has 2 rings (SSSR count). The summed E-state index contributed by atoms with van der Waals surface area (Å²) in [5.74, 6) is 0. The number of aromatic nitrogens is 1. The normalized spacial score (nSPS) is 9.78. The first-order valence-corrected chi connectivity index (χ1v) is 5.53. The first-order valence-electron chi connectivity index (χ1n) is 5.53. The molecule has 0 atom stereocenters. The maximum absolute atomic E-state index is 8.67. The third-order valence-corrected chi connectivity index (χ3v) is 2.40. The Bertz CT molecular complexity index is 558. The van der Waals surface area contributed by atoms with Gasteiger partial charge in [0.15, 0.2) is 0 Å². The molecule has 0 saturated heterocycles. The van der Waals surface area contributed by atoms with Gasteiger partial charge in [-0.15, -0.1) is 0 Å². The Morgan fingerprint density at radius 3 is 2.83 bits per heavy atom. The number of benzene rings is 1. The van der Waals surface area contributed by atoms with Crippen molar-refractivity contribution in [1.29, 1.82) is 5.26 Å². The van der Waals surface area contributed by atoms with Gasteiger partial charge in [-0.25, -0.2) is 4.98 Å². The summed E-state index contributed by atoms with van der Waals surface area (Å²) < 4.78 is 5.09. The molecule has 90 valence electrons. The number of hydrogen-bond acceptors (Lipinski definition) is 4. The van der Waals surface area contributed by atoms with Crippen molar-refractivity contribution in [2.75, 3.05) is 12.4 Å². The van der Waals surface area contributed by atoms with Crippen LogP contribution in [0.25, 0.3) is 0 Å². The molecule has 0 aliphatic heterocycles. The second-order valence-electron chi connectivity index (χ2n) is 3.80. The quantitative estimate of drug-likeness (QED) is 0.891. The molecule has 1 N–H and O–H groups in total. The zero-order chi connectivity index (χ0) is 12.8. The average molecular weight is 239 g/mol. The average Bonchev–Trinajstić information content (AvgIpc) is 2.40. The fourth-order valence-corrected chi connectivity index (χ4v) is 1.61. The highest BCUT2D eigenvalue weighted by Gasteiger charge is 1.98. The number of nitrogens with zero attached hydrogens (tertiary/aromatic N) is 2. The number of hydrogen-bond donors (Lipinski definition) is 1. The lowest BCUT2D eigenvalue weighted by Crippen LogP contribution is -1.94. The smallest absolute Gasteiger partial charge is 0.140 e. The van der Waals surface area contributed by atoms with E-state index in [2.05, 4.69) is 10.3 Å². The van der Waals surface area contributed by atoms with Gasteiger partial charge in [0.05, 0.1) is 18.5 Å². The minimum Gasteiger partial charge on any atom is -0.380 e.